The number of thiophene rings is 1. The Morgan fingerprint density at radius 2 is 2.41 bits per heavy atom. The van der Waals surface area contributed by atoms with Crippen molar-refractivity contribution in [1.82, 2.24) is 9.47 Å². The van der Waals surface area contributed by atoms with Gasteiger partial charge < -0.3 is 4.90 Å². The Balaban J connectivity index is 2.05. The van der Waals surface area contributed by atoms with Gasteiger partial charge in [-0.3, -0.25) is 0 Å². The number of amides is 1. The molecule has 0 bridgehead atoms. The standard InChI is InChI=1S/C11H13BrN3OS/c1-13-3-4-15(8-13)11(16)14(2)6-10-5-9(12)7-17-10/h3-5,7-8H,6H2,1-2H3/q+1. The van der Waals surface area contributed by atoms with Crippen molar-refractivity contribution in [2.75, 3.05) is 7.05 Å². The third-order valence-electron chi connectivity index (χ3n) is 2.33. The van der Waals surface area contributed by atoms with Gasteiger partial charge >= 0.3 is 6.03 Å². The van der Waals surface area contributed by atoms with Crippen LogP contribution >= 0.6 is 27.3 Å². The Morgan fingerprint density at radius 3 is 2.94 bits per heavy atom. The van der Waals surface area contributed by atoms with Gasteiger partial charge in [0.2, 0.25) is 0 Å². The van der Waals surface area contributed by atoms with Crippen LogP contribution in [0.15, 0.2) is 34.6 Å². The van der Waals surface area contributed by atoms with E-state index in [1.54, 1.807) is 40.4 Å². The van der Waals surface area contributed by atoms with Gasteiger partial charge in [0.1, 0.15) is 12.4 Å². The van der Waals surface area contributed by atoms with Crippen LogP contribution in [-0.4, -0.2) is 22.5 Å². The number of rotatable bonds is 2. The monoisotopic (exact) mass is 314 g/mol. The second kappa shape index (κ2) is 5.01. The summed E-state index contributed by atoms with van der Waals surface area (Å²) in [6, 6.07) is 2.00. The van der Waals surface area contributed by atoms with Crippen LogP contribution in [0.4, 0.5) is 4.79 Å². The molecule has 2 heterocycles. The summed E-state index contributed by atoms with van der Waals surface area (Å²) in [6.07, 6.45) is 5.35. The van der Waals surface area contributed by atoms with Crippen molar-refractivity contribution in [3.63, 3.8) is 0 Å². The van der Waals surface area contributed by atoms with Crippen LogP contribution in [0.5, 0.6) is 0 Å². The van der Waals surface area contributed by atoms with Gasteiger partial charge in [-0.1, -0.05) is 0 Å². The number of aryl methyl sites for hydroxylation is 1. The molecule has 2 rings (SSSR count). The number of hydrogen-bond acceptors (Lipinski definition) is 2. The van der Waals surface area contributed by atoms with Crippen LogP contribution < -0.4 is 4.57 Å². The highest BCUT2D eigenvalue weighted by Gasteiger charge is 2.17. The van der Waals surface area contributed by atoms with Crippen molar-refractivity contribution < 1.29 is 9.36 Å². The van der Waals surface area contributed by atoms with Crippen LogP contribution in [0, 0.1) is 0 Å². The fourth-order valence-corrected chi connectivity index (χ4v) is 3.00. The molecule has 1 amide bonds. The lowest BCUT2D eigenvalue weighted by molar-refractivity contribution is -0.670. The zero-order valence-corrected chi connectivity index (χ0v) is 12.0. The van der Waals surface area contributed by atoms with Crippen LogP contribution in [-0.2, 0) is 13.6 Å². The first-order valence-corrected chi connectivity index (χ1v) is 6.75. The molecule has 0 saturated carbocycles. The molecule has 0 radical (unpaired) electrons. The maximum absolute atomic E-state index is 12.0. The van der Waals surface area contributed by atoms with Crippen LogP contribution in [0.3, 0.4) is 0 Å². The minimum Gasteiger partial charge on any atom is -0.302 e. The Morgan fingerprint density at radius 1 is 1.65 bits per heavy atom. The van der Waals surface area contributed by atoms with Crippen molar-refractivity contribution in [2.45, 2.75) is 6.54 Å². The van der Waals surface area contributed by atoms with Crippen LogP contribution in [0.25, 0.3) is 0 Å². The molecule has 0 saturated heterocycles. The molecule has 0 aliphatic carbocycles. The predicted molar refractivity (Wildman–Crippen MR) is 69.9 cm³/mol. The summed E-state index contributed by atoms with van der Waals surface area (Å²) in [5, 5.41) is 2.02. The molecular formula is C11H13BrN3OS+. The molecule has 0 spiro atoms. The van der Waals surface area contributed by atoms with Crippen molar-refractivity contribution >= 4 is 33.3 Å². The highest BCUT2D eigenvalue weighted by Crippen LogP contribution is 2.20. The Kier molecular flexibility index (Phi) is 3.63. The van der Waals surface area contributed by atoms with Crippen molar-refractivity contribution in [3.05, 3.63) is 39.5 Å². The average molecular weight is 315 g/mol. The van der Waals surface area contributed by atoms with E-state index in [4.69, 9.17) is 0 Å². The summed E-state index contributed by atoms with van der Waals surface area (Å²) in [5.74, 6) is 0. The quantitative estimate of drug-likeness (QED) is 0.782. The summed E-state index contributed by atoms with van der Waals surface area (Å²) in [6.45, 7) is 0.622. The summed E-state index contributed by atoms with van der Waals surface area (Å²) < 4.78 is 4.47. The van der Waals surface area contributed by atoms with Gasteiger partial charge in [-0.15, -0.1) is 11.3 Å². The predicted octanol–water partition coefficient (Wildman–Crippen LogP) is 2.24. The molecule has 0 aromatic carbocycles. The molecule has 17 heavy (non-hydrogen) atoms. The lowest BCUT2D eigenvalue weighted by atomic mass is 10.4. The van der Waals surface area contributed by atoms with Crippen molar-refractivity contribution in [3.8, 4) is 0 Å². The van der Waals surface area contributed by atoms with Gasteiger partial charge in [-0.25, -0.2) is 9.36 Å². The number of hydrogen-bond donors (Lipinski definition) is 0. The van der Waals surface area contributed by atoms with Crippen LogP contribution in [0.1, 0.15) is 4.88 Å². The highest BCUT2D eigenvalue weighted by atomic mass is 79.9. The van der Waals surface area contributed by atoms with E-state index in [-0.39, 0.29) is 6.03 Å². The number of carbonyl (C=O) groups is 1. The maximum atomic E-state index is 12.0. The van der Waals surface area contributed by atoms with E-state index in [9.17, 15) is 4.79 Å². The van der Waals surface area contributed by atoms with Gasteiger partial charge in [0, 0.05) is 21.8 Å². The third kappa shape index (κ3) is 2.95. The minimum atomic E-state index is -0.0323. The SMILES string of the molecule is CN(Cc1cc(Br)cs1)C(=O)n1cc[n+](C)c1. The zero-order valence-electron chi connectivity index (χ0n) is 9.63. The molecule has 2 aromatic heterocycles. The number of halogens is 1. The molecule has 2 aromatic rings. The van der Waals surface area contributed by atoms with E-state index in [1.807, 2.05) is 29.3 Å². The Hall–Kier alpha value is -1.14. The number of imidazole rings is 1. The summed E-state index contributed by atoms with van der Waals surface area (Å²) >= 11 is 5.05. The molecule has 6 heteroatoms. The second-order valence-electron chi connectivity index (χ2n) is 3.86. The first-order chi connectivity index (χ1) is 8.06. The first-order valence-electron chi connectivity index (χ1n) is 5.08. The first kappa shape index (κ1) is 12.3. The van der Waals surface area contributed by atoms with Gasteiger partial charge in [-0.2, -0.15) is 4.57 Å². The number of carbonyl (C=O) groups excluding carboxylic acids is 1. The molecule has 0 N–H and O–H groups in total. The molecule has 4 nitrogen and oxygen atoms in total. The smallest absolute Gasteiger partial charge is 0.302 e. The fraction of sp³-hybridized carbons (Fsp3) is 0.273. The summed E-state index contributed by atoms with van der Waals surface area (Å²) in [5.41, 5.74) is 0. The van der Waals surface area contributed by atoms with Gasteiger partial charge in [0.25, 0.3) is 6.33 Å². The van der Waals surface area contributed by atoms with E-state index < -0.39 is 0 Å². The minimum absolute atomic E-state index is 0.0323. The van der Waals surface area contributed by atoms with Crippen molar-refractivity contribution in [1.29, 1.82) is 0 Å². The van der Waals surface area contributed by atoms with E-state index in [0.717, 1.165) is 9.35 Å². The van der Waals surface area contributed by atoms with E-state index in [0.29, 0.717) is 6.54 Å². The molecule has 0 aliphatic heterocycles. The number of nitrogens with zero attached hydrogens (tertiary/aromatic N) is 3. The lowest BCUT2D eigenvalue weighted by Crippen LogP contribution is -2.31. The van der Waals surface area contributed by atoms with Crippen molar-refractivity contribution in [2.24, 2.45) is 7.05 Å². The molecular weight excluding hydrogens is 302 g/mol. The summed E-state index contributed by atoms with van der Waals surface area (Å²) in [7, 11) is 3.69. The summed E-state index contributed by atoms with van der Waals surface area (Å²) in [4.78, 5) is 14.9. The van der Waals surface area contributed by atoms with E-state index in [2.05, 4.69) is 15.9 Å². The normalized spacial score (nSPS) is 10.5. The largest absolute Gasteiger partial charge is 0.415 e. The van der Waals surface area contributed by atoms with E-state index in [1.165, 1.54) is 0 Å². The molecule has 0 unspecified atom stereocenters. The molecule has 0 fully saturated rings. The fourth-order valence-electron chi connectivity index (χ4n) is 1.50. The maximum Gasteiger partial charge on any atom is 0.415 e. The highest BCUT2D eigenvalue weighted by molar-refractivity contribution is 9.10. The lowest BCUT2D eigenvalue weighted by Gasteiger charge is -2.12. The number of aromatic nitrogens is 2. The Labute approximate surface area is 112 Å². The topological polar surface area (TPSA) is 29.1 Å². The molecule has 0 aliphatic rings. The second-order valence-corrected chi connectivity index (χ2v) is 5.77. The van der Waals surface area contributed by atoms with Crippen LogP contribution in [0.2, 0.25) is 0 Å². The zero-order chi connectivity index (χ0) is 12.4. The van der Waals surface area contributed by atoms with Gasteiger partial charge in [0.15, 0.2) is 0 Å². The third-order valence-corrected chi connectivity index (χ3v) is 4.01. The van der Waals surface area contributed by atoms with Gasteiger partial charge in [-0.05, 0) is 22.0 Å². The molecule has 0 atom stereocenters. The Bertz CT molecular complexity index is 534. The van der Waals surface area contributed by atoms with E-state index >= 15 is 0 Å². The molecule has 90 valence electrons. The van der Waals surface area contributed by atoms with Gasteiger partial charge in [0.05, 0.1) is 13.6 Å². The average Bonchev–Trinajstić information content (AvgIpc) is 2.87.